The lowest BCUT2D eigenvalue weighted by Gasteiger charge is -2.04. The minimum Gasteiger partial charge on any atom is -0.463 e. The Hall–Kier alpha value is -3.45. The van der Waals surface area contributed by atoms with Crippen LogP contribution in [0.25, 0.3) is 6.08 Å². The second-order valence-corrected chi connectivity index (χ2v) is 7.84. The van der Waals surface area contributed by atoms with Crippen LogP contribution in [0.2, 0.25) is 0 Å². The third kappa shape index (κ3) is 30.5. The highest BCUT2D eigenvalue weighted by atomic mass is 16.5. The van der Waals surface area contributed by atoms with Crippen LogP contribution in [0, 0.1) is 0 Å². The summed E-state index contributed by atoms with van der Waals surface area (Å²) in [7, 11) is 0. The predicted molar refractivity (Wildman–Crippen MR) is 151 cm³/mol. The number of carbonyl (C=O) groups is 3. The van der Waals surface area contributed by atoms with Crippen molar-refractivity contribution in [3.05, 3.63) is 79.4 Å². The summed E-state index contributed by atoms with van der Waals surface area (Å²) in [5, 5.41) is 8.68. The summed E-state index contributed by atoms with van der Waals surface area (Å²) in [6.45, 7) is 23.6. The van der Waals surface area contributed by atoms with Gasteiger partial charge in [-0.2, -0.15) is 0 Å². The average Bonchev–Trinajstić information content (AvgIpc) is 2.88. The van der Waals surface area contributed by atoms with E-state index in [1.165, 1.54) is 11.6 Å². The number of aliphatic hydroxyl groups is 1. The molecule has 0 fully saturated rings. The van der Waals surface area contributed by atoms with Crippen molar-refractivity contribution in [1.82, 2.24) is 0 Å². The average molecular weight is 519 g/mol. The summed E-state index contributed by atoms with van der Waals surface area (Å²) in [6.07, 6.45) is 6.35. The lowest BCUT2D eigenvalue weighted by molar-refractivity contribution is -0.141. The predicted octanol–water partition coefficient (Wildman–Crippen LogP) is 6.24. The van der Waals surface area contributed by atoms with E-state index in [9.17, 15) is 14.4 Å². The highest BCUT2D eigenvalue weighted by Crippen LogP contribution is 1.97. The van der Waals surface area contributed by atoms with Gasteiger partial charge >= 0.3 is 17.9 Å². The normalized spacial score (nSPS) is 9.68. The topological polar surface area (TPSA) is 99.1 Å². The van der Waals surface area contributed by atoms with Gasteiger partial charge in [0, 0.05) is 17.2 Å². The molecule has 0 bridgehead atoms. The fourth-order valence-corrected chi connectivity index (χ4v) is 1.72. The quantitative estimate of drug-likeness (QED) is 0.151. The van der Waals surface area contributed by atoms with Gasteiger partial charge in [-0.1, -0.05) is 89.4 Å². The lowest BCUT2D eigenvalue weighted by Crippen LogP contribution is -2.15. The van der Waals surface area contributed by atoms with E-state index >= 15 is 0 Å². The van der Waals surface area contributed by atoms with E-state index in [4.69, 9.17) is 9.84 Å². The summed E-state index contributed by atoms with van der Waals surface area (Å²) >= 11 is 0. The molecule has 1 rings (SSSR count). The van der Waals surface area contributed by atoms with Gasteiger partial charge in [0.05, 0.1) is 19.3 Å². The number of hydrogen-bond acceptors (Lipinski definition) is 7. The molecule has 1 N–H and O–H groups in total. The van der Waals surface area contributed by atoms with Gasteiger partial charge in [0.15, 0.2) is 0 Å². The summed E-state index contributed by atoms with van der Waals surface area (Å²) in [5.74, 6) is -1.07. The Morgan fingerprint density at radius 1 is 0.865 bits per heavy atom. The molecule has 37 heavy (non-hydrogen) atoms. The van der Waals surface area contributed by atoms with E-state index in [0.29, 0.717) is 24.4 Å². The number of rotatable bonds is 12. The maximum Gasteiger partial charge on any atom is 0.333 e. The lowest BCUT2D eigenvalue weighted by atomic mass is 10.2. The smallest absolute Gasteiger partial charge is 0.333 e. The van der Waals surface area contributed by atoms with Crippen molar-refractivity contribution in [3.8, 4) is 0 Å². The second kappa shape index (κ2) is 27.1. The Kier molecular flexibility index (Phi) is 27.9. The van der Waals surface area contributed by atoms with Gasteiger partial charge in [0.2, 0.25) is 0 Å². The number of benzene rings is 1. The van der Waals surface area contributed by atoms with Crippen molar-refractivity contribution in [2.75, 3.05) is 19.8 Å². The highest BCUT2D eigenvalue weighted by Gasteiger charge is 2.04. The standard InChI is InChI=1S/C8H14O2.C8H8.C7H12O3.C7H12O2/c1-4-5-6-10-8(9)7(2)3;1-2-8-6-4-3-5-7-8;1-5(2)7(9)10-4-6(3)8;1-3-5-6-9-7(8)4-2/h2,4-6H2,1,3H3;2-7H,1H2;6,8H,1,4H2,2-3H3;4H,2-3,5-6H2,1H3. The van der Waals surface area contributed by atoms with E-state index in [1.54, 1.807) is 20.8 Å². The maximum atomic E-state index is 10.7. The fraction of sp³-hybridized carbons (Fsp3) is 0.433. The van der Waals surface area contributed by atoms with Gasteiger partial charge in [-0.25, -0.2) is 14.4 Å². The van der Waals surface area contributed by atoms with Crippen LogP contribution in [-0.4, -0.2) is 48.9 Å². The Morgan fingerprint density at radius 2 is 1.32 bits per heavy atom. The Morgan fingerprint density at radius 3 is 1.68 bits per heavy atom. The van der Waals surface area contributed by atoms with E-state index in [-0.39, 0.29) is 18.5 Å². The van der Waals surface area contributed by atoms with Crippen LogP contribution in [0.5, 0.6) is 0 Å². The zero-order chi connectivity index (χ0) is 29.1. The molecule has 0 spiro atoms. The van der Waals surface area contributed by atoms with Gasteiger partial charge in [-0.3, -0.25) is 0 Å². The molecular formula is C30H46O7. The zero-order valence-corrected chi connectivity index (χ0v) is 23.3. The van der Waals surface area contributed by atoms with Crippen molar-refractivity contribution in [3.63, 3.8) is 0 Å². The van der Waals surface area contributed by atoms with Crippen molar-refractivity contribution < 1.29 is 33.7 Å². The van der Waals surface area contributed by atoms with Crippen molar-refractivity contribution in [2.45, 2.75) is 66.4 Å². The molecule has 0 aliphatic carbocycles. The van der Waals surface area contributed by atoms with Crippen LogP contribution in [0.1, 0.15) is 65.9 Å². The Balaban J connectivity index is -0.000000418. The van der Waals surface area contributed by atoms with Crippen molar-refractivity contribution in [1.29, 1.82) is 0 Å². The molecule has 0 radical (unpaired) electrons. The zero-order valence-electron chi connectivity index (χ0n) is 23.3. The molecule has 1 unspecified atom stereocenters. The number of unbranched alkanes of at least 4 members (excludes halogenated alkanes) is 2. The first-order valence-electron chi connectivity index (χ1n) is 12.3. The molecular weight excluding hydrogens is 472 g/mol. The van der Waals surface area contributed by atoms with Crippen LogP contribution < -0.4 is 0 Å². The van der Waals surface area contributed by atoms with Gasteiger partial charge in [0.1, 0.15) is 6.61 Å². The molecule has 0 saturated heterocycles. The summed E-state index contributed by atoms with van der Waals surface area (Å²) < 4.78 is 14.1. The number of aliphatic hydroxyl groups excluding tert-OH is 1. The molecule has 1 aromatic rings. The minimum absolute atomic E-state index is 0.0334. The molecule has 0 aliphatic heterocycles. The molecule has 0 aliphatic rings. The van der Waals surface area contributed by atoms with Crippen LogP contribution in [0.15, 0.2) is 73.9 Å². The first-order valence-corrected chi connectivity index (χ1v) is 12.3. The van der Waals surface area contributed by atoms with Gasteiger partial charge in [0.25, 0.3) is 0 Å². The number of hydrogen-bond donors (Lipinski definition) is 1. The summed E-state index contributed by atoms with van der Waals surface area (Å²) in [6, 6.07) is 10.0. The van der Waals surface area contributed by atoms with Crippen molar-refractivity contribution in [2.24, 2.45) is 0 Å². The largest absolute Gasteiger partial charge is 0.463 e. The van der Waals surface area contributed by atoms with Crippen molar-refractivity contribution >= 4 is 24.0 Å². The summed E-state index contributed by atoms with van der Waals surface area (Å²) in [5.41, 5.74) is 1.99. The molecule has 1 aromatic carbocycles. The molecule has 0 saturated carbocycles. The SMILES string of the molecule is C=C(C)C(=O)OCC(C)O.C=C(C)C(=O)OCCCC.C=CC(=O)OCCCC.C=Cc1ccccc1. The molecule has 0 aromatic heterocycles. The number of carbonyl (C=O) groups excluding carboxylic acids is 3. The molecule has 0 amide bonds. The van der Waals surface area contributed by atoms with Crippen LogP contribution in [-0.2, 0) is 28.6 Å². The van der Waals surface area contributed by atoms with Crippen LogP contribution >= 0.6 is 0 Å². The molecule has 1 atom stereocenters. The van der Waals surface area contributed by atoms with E-state index in [2.05, 4.69) is 42.7 Å². The highest BCUT2D eigenvalue weighted by molar-refractivity contribution is 5.87. The Bertz CT molecular complexity index is 795. The third-order valence-corrected chi connectivity index (χ3v) is 3.83. The molecule has 208 valence electrons. The van der Waals surface area contributed by atoms with E-state index < -0.39 is 12.1 Å². The second-order valence-electron chi connectivity index (χ2n) is 7.84. The molecule has 7 heteroatoms. The Labute approximate surface area is 223 Å². The van der Waals surface area contributed by atoms with Gasteiger partial charge in [-0.05, 0) is 39.2 Å². The van der Waals surface area contributed by atoms with Gasteiger partial charge in [-0.15, -0.1) is 0 Å². The van der Waals surface area contributed by atoms with Crippen LogP contribution in [0.4, 0.5) is 0 Å². The van der Waals surface area contributed by atoms with Gasteiger partial charge < -0.3 is 19.3 Å². The number of ether oxygens (including phenoxy) is 3. The first-order chi connectivity index (χ1) is 17.5. The monoisotopic (exact) mass is 518 g/mol. The van der Waals surface area contributed by atoms with Crippen LogP contribution in [0.3, 0.4) is 0 Å². The first kappa shape index (κ1) is 38.1. The minimum atomic E-state index is -0.608. The number of esters is 3. The fourth-order valence-electron chi connectivity index (χ4n) is 1.72. The molecule has 7 nitrogen and oxygen atoms in total. The third-order valence-electron chi connectivity index (χ3n) is 3.83. The van der Waals surface area contributed by atoms with E-state index in [0.717, 1.165) is 25.7 Å². The van der Waals surface area contributed by atoms with E-state index in [1.807, 2.05) is 43.3 Å². The molecule has 0 heterocycles. The maximum absolute atomic E-state index is 10.7. The summed E-state index contributed by atoms with van der Waals surface area (Å²) in [4.78, 5) is 31.7.